The highest BCUT2D eigenvalue weighted by Gasteiger charge is 2.41. The van der Waals surface area contributed by atoms with Crippen molar-refractivity contribution in [3.63, 3.8) is 0 Å². The molecule has 2 fully saturated rings. The van der Waals surface area contributed by atoms with Gasteiger partial charge in [-0.15, -0.1) is 11.3 Å². The van der Waals surface area contributed by atoms with Gasteiger partial charge >= 0.3 is 0 Å². The molecule has 24 heavy (non-hydrogen) atoms. The quantitative estimate of drug-likeness (QED) is 0.475. The van der Waals surface area contributed by atoms with Crippen molar-refractivity contribution in [3.05, 3.63) is 29.1 Å². The monoisotopic (exact) mass is 356 g/mol. The number of hydrogen-bond acceptors (Lipinski definition) is 4. The molecule has 2 aliphatic rings. The number of nitrogens with zero attached hydrogens (tertiary/aromatic N) is 2. The fourth-order valence-corrected chi connectivity index (χ4v) is 6.08. The Morgan fingerprint density at radius 1 is 1.04 bits per heavy atom. The lowest BCUT2D eigenvalue weighted by molar-refractivity contribution is 0.0333. The lowest BCUT2D eigenvalue weighted by Gasteiger charge is -2.48. The average molecular weight is 357 g/mol. The molecular formula is C20H24N2S2. The number of benzene rings is 1. The summed E-state index contributed by atoms with van der Waals surface area (Å²) < 4.78 is 1.27. The maximum atomic E-state index is 4.83. The number of isothiocyanates is 1. The van der Waals surface area contributed by atoms with Crippen molar-refractivity contribution in [2.24, 2.45) is 4.99 Å². The Morgan fingerprint density at radius 2 is 1.79 bits per heavy atom. The Morgan fingerprint density at radius 3 is 2.54 bits per heavy atom. The number of likely N-dealkylation sites (tertiary alicyclic amines) is 1. The van der Waals surface area contributed by atoms with Crippen LogP contribution in [-0.4, -0.2) is 23.2 Å². The van der Waals surface area contributed by atoms with Crippen molar-refractivity contribution >= 4 is 44.5 Å². The molecule has 4 heteroatoms. The number of thiocarbonyl (C=S) groups is 1. The molecule has 0 amide bonds. The predicted molar refractivity (Wildman–Crippen MR) is 107 cm³/mol. The third-order valence-corrected chi connectivity index (χ3v) is 7.25. The molecule has 0 unspecified atom stereocenters. The number of piperidine rings is 1. The molecule has 1 aromatic heterocycles. The van der Waals surface area contributed by atoms with Crippen molar-refractivity contribution in [1.29, 1.82) is 0 Å². The Kier molecular flexibility index (Phi) is 4.82. The van der Waals surface area contributed by atoms with Gasteiger partial charge in [0, 0.05) is 4.88 Å². The predicted octanol–water partition coefficient (Wildman–Crippen LogP) is 6.28. The van der Waals surface area contributed by atoms with Gasteiger partial charge in [-0.3, -0.25) is 4.90 Å². The average Bonchev–Trinajstić information content (AvgIpc) is 3.09. The summed E-state index contributed by atoms with van der Waals surface area (Å²) in [4.78, 5) is 8.65. The minimum atomic E-state index is 0.265. The van der Waals surface area contributed by atoms with Crippen molar-refractivity contribution in [2.45, 2.75) is 56.9 Å². The first-order valence-electron chi connectivity index (χ1n) is 9.19. The smallest absolute Gasteiger partial charge is 0.0917 e. The summed E-state index contributed by atoms with van der Waals surface area (Å²) in [5, 5.41) is 3.85. The van der Waals surface area contributed by atoms with E-state index in [1.165, 1.54) is 74.5 Å². The molecule has 1 saturated carbocycles. The molecule has 1 aliphatic heterocycles. The van der Waals surface area contributed by atoms with E-state index in [0.29, 0.717) is 0 Å². The van der Waals surface area contributed by atoms with Gasteiger partial charge in [0.2, 0.25) is 0 Å². The molecule has 1 saturated heterocycles. The molecule has 2 heterocycles. The van der Waals surface area contributed by atoms with Crippen molar-refractivity contribution in [1.82, 2.24) is 4.90 Å². The molecule has 4 rings (SSSR count). The van der Waals surface area contributed by atoms with Gasteiger partial charge in [-0.2, -0.15) is 4.99 Å². The Balaban J connectivity index is 1.81. The molecule has 1 aliphatic carbocycles. The number of aliphatic imine (C=N–C) groups is 1. The van der Waals surface area contributed by atoms with Gasteiger partial charge in [0.1, 0.15) is 0 Å². The highest BCUT2D eigenvalue weighted by atomic mass is 32.1. The number of rotatable bonds is 3. The van der Waals surface area contributed by atoms with Gasteiger partial charge in [0.05, 0.1) is 21.1 Å². The van der Waals surface area contributed by atoms with Crippen LogP contribution in [-0.2, 0) is 5.54 Å². The van der Waals surface area contributed by atoms with Gasteiger partial charge in [-0.1, -0.05) is 37.8 Å². The first-order valence-corrected chi connectivity index (χ1v) is 10.4. The van der Waals surface area contributed by atoms with E-state index >= 15 is 0 Å². The highest BCUT2D eigenvalue weighted by molar-refractivity contribution is 7.78. The zero-order chi connectivity index (χ0) is 16.4. The van der Waals surface area contributed by atoms with E-state index in [1.807, 2.05) is 11.3 Å². The molecular weight excluding hydrogens is 332 g/mol. The molecule has 2 nitrogen and oxygen atoms in total. The SMILES string of the molecule is S=C=Nc1cccc2cc(C3(N4CCCCC4)CCCCC3)sc12. The fraction of sp³-hybridized carbons (Fsp3) is 0.550. The summed E-state index contributed by atoms with van der Waals surface area (Å²) in [6, 6.07) is 8.78. The lowest BCUT2D eigenvalue weighted by atomic mass is 9.78. The van der Waals surface area contributed by atoms with E-state index in [4.69, 9.17) is 12.2 Å². The first kappa shape index (κ1) is 16.4. The molecule has 126 valence electrons. The first-order chi connectivity index (χ1) is 11.8. The van der Waals surface area contributed by atoms with E-state index in [0.717, 1.165) is 5.69 Å². The molecule has 2 aromatic rings. The zero-order valence-electron chi connectivity index (χ0n) is 14.1. The summed E-state index contributed by atoms with van der Waals surface area (Å²) in [5.41, 5.74) is 1.24. The van der Waals surface area contributed by atoms with Crippen LogP contribution in [0.15, 0.2) is 29.3 Å². The van der Waals surface area contributed by atoms with Gasteiger partial charge in [-0.05, 0) is 68.5 Å². The molecule has 0 atom stereocenters. The maximum Gasteiger partial charge on any atom is 0.0917 e. The third kappa shape index (κ3) is 2.86. The second kappa shape index (κ2) is 7.05. The van der Waals surface area contributed by atoms with E-state index in [-0.39, 0.29) is 5.54 Å². The number of thiophene rings is 1. The Hall–Kier alpha value is -1.06. The maximum absolute atomic E-state index is 4.83. The standard InChI is InChI=1S/C20H24N2S2/c23-15-21-17-9-7-8-16-14-18(24-19(16)17)20(10-3-1-4-11-20)22-12-5-2-6-13-22/h7-9,14H,1-6,10-13H2. The molecule has 0 spiro atoms. The summed E-state index contributed by atoms with van der Waals surface area (Å²) in [5.74, 6) is 0. The normalized spacial score (nSPS) is 21.5. The molecule has 0 bridgehead atoms. The van der Waals surface area contributed by atoms with Crippen molar-refractivity contribution in [3.8, 4) is 0 Å². The van der Waals surface area contributed by atoms with Crippen LogP contribution in [0.2, 0.25) is 0 Å². The van der Waals surface area contributed by atoms with E-state index < -0.39 is 0 Å². The third-order valence-electron chi connectivity index (χ3n) is 5.79. The summed E-state index contributed by atoms with van der Waals surface area (Å²) >= 11 is 6.77. The van der Waals surface area contributed by atoms with Gasteiger partial charge in [-0.25, -0.2) is 0 Å². The molecule has 1 aromatic carbocycles. The molecule has 0 radical (unpaired) electrons. The Labute approximate surface area is 153 Å². The van der Waals surface area contributed by atoms with E-state index in [1.54, 1.807) is 4.88 Å². The second-order valence-corrected chi connectivity index (χ2v) is 8.38. The molecule has 0 N–H and O–H groups in total. The zero-order valence-corrected chi connectivity index (χ0v) is 15.7. The van der Waals surface area contributed by atoms with Crippen LogP contribution in [0.1, 0.15) is 56.2 Å². The van der Waals surface area contributed by atoms with Crippen molar-refractivity contribution in [2.75, 3.05) is 13.1 Å². The van der Waals surface area contributed by atoms with Gasteiger partial charge < -0.3 is 0 Å². The van der Waals surface area contributed by atoms with Crippen LogP contribution in [0, 0.1) is 0 Å². The van der Waals surface area contributed by atoms with Gasteiger partial charge in [0.25, 0.3) is 0 Å². The van der Waals surface area contributed by atoms with Crippen LogP contribution in [0.25, 0.3) is 10.1 Å². The van der Waals surface area contributed by atoms with Gasteiger partial charge in [0.15, 0.2) is 0 Å². The van der Waals surface area contributed by atoms with E-state index in [2.05, 4.69) is 39.3 Å². The fourth-order valence-electron chi connectivity index (χ4n) is 4.59. The lowest BCUT2D eigenvalue weighted by Crippen LogP contribution is -2.49. The minimum Gasteiger partial charge on any atom is -0.293 e. The van der Waals surface area contributed by atoms with Crippen LogP contribution < -0.4 is 0 Å². The van der Waals surface area contributed by atoms with Crippen LogP contribution in [0.3, 0.4) is 0 Å². The van der Waals surface area contributed by atoms with Crippen LogP contribution in [0.5, 0.6) is 0 Å². The van der Waals surface area contributed by atoms with E-state index in [9.17, 15) is 0 Å². The highest BCUT2D eigenvalue weighted by Crippen LogP contribution is 2.48. The van der Waals surface area contributed by atoms with Crippen LogP contribution >= 0.6 is 23.6 Å². The second-order valence-electron chi connectivity index (χ2n) is 7.15. The van der Waals surface area contributed by atoms with Crippen LogP contribution in [0.4, 0.5) is 5.69 Å². The number of hydrogen-bond donors (Lipinski definition) is 0. The Bertz CT molecular complexity index is 761. The minimum absolute atomic E-state index is 0.265. The number of fused-ring (bicyclic) bond motifs is 1. The summed E-state index contributed by atoms with van der Waals surface area (Å²) in [7, 11) is 0. The topological polar surface area (TPSA) is 15.6 Å². The largest absolute Gasteiger partial charge is 0.293 e. The van der Waals surface area contributed by atoms with Crippen molar-refractivity contribution < 1.29 is 0 Å². The summed E-state index contributed by atoms with van der Waals surface area (Å²) in [6.07, 6.45) is 10.8. The summed E-state index contributed by atoms with van der Waals surface area (Å²) in [6.45, 7) is 2.53.